The lowest BCUT2D eigenvalue weighted by atomic mass is 10.0. The van der Waals surface area contributed by atoms with Crippen molar-refractivity contribution in [2.45, 2.75) is 19.4 Å². The third-order valence-electron chi connectivity index (χ3n) is 2.90. The van der Waals surface area contributed by atoms with Crippen LogP contribution in [0.15, 0.2) is 41.8 Å². The summed E-state index contributed by atoms with van der Waals surface area (Å²) in [7, 11) is 0. The van der Waals surface area contributed by atoms with E-state index in [4.69, 9.17) is 6.42 Å². The van der Waals surface area contributed by atoms with Crippen LogP contribution in [0.2, 0.25) is 0 Å². The molecular formula is C16H15NOS. The van der Waals surface area contributed by atoms with Gasteiger partial charge in [-0.15, -0.1) is 23.7 Å². The van der Waals surface area contributed by atoms with E-state index in [-0.39, 0.29) is 11.9 Å². The number of nitrogens with one attached hydrogen (secondary N) is 1. The van der Waals surface area contributed by atoms with Crippen LogP contribution in [0.3, 0.4) is 0 Å². The zero-order chi connectivity index (χ0) is 13.7. The van der Waals surface area contributed by atoms with Gasteiger partial charge in [0.25, 0.3) is 5.91 Å². The van der Waals surface area contributed by atoms with E-state index >= 15 is 0 Å². The summed E-state index contributed by atoms with van der Waals surface area (Å²) in [4.78, 5) is 13.0. The number of carbonyl (C=O) groups excluding carboxylic acids is 1. The maximum absolute atomic E-state index is 12.2. The van der Waals surface area contributed by atoms with E-state index in [0.717, 1.165) is 16.0 Å². The fourth-order valence-electron chi connectivity index (χ4n) is 1.88. The van der Waals surface area contributed by atoms with Gasteiger partial charge in [-0.1, -0.05) is 30.3 Å². The molecule has 1 heterocycles. The molecule has 0 saturated carbocycles. The van der Waals surface area contributed by atoms with Crippen LogP contribution in [0.1, 0.15) is 33.3 Å². The highest BCUT2D eigenvalue weighted by Crippen LogP contribution is 2.20. The molecule has 2 aromatic rings. The molecule has 1 atom stereocenters. The average Bonchev–Trinajstić information content (AvgIpc) is 2.85. The lowest BCUT2D eigenvalue weighted by Gasteiger charge is -2.16. The average molecular weight is 269 g/mol. The van der Waals surface area contributed by atoms with Gasteiger partial charge in [-0.2, -0.15) is 0 Å². The number of carbonyl (C=O) groups is 1. The summed E-state index contributed by atoms with van der Waals surface area (Å²) in [6, 6.07) is 11.6. The minimum Gasteiger partial charge on any atom is -0.344 e. The van der Waals surface area contributed by atoms with Gasteiger partial charge in [0.1, 0.15) is 0 Å². The van der Waals surface area contributed by atoms with E-state index in [1.54, 1.807) is 0 Å². The molecule has 1 aromatic carbocycles. The van der Waals surface area contributed by atoms with Gasteiger partial charge >= 0.3 is 0 Å². The Balaban J connectivity index is 2.17. The molecular weight excluding hydrogens is 254 g/mol. The van der Waals surface area contributed by atoms with Crippen molar-refractivity contribution < 1.29 is 4.79 Å². The number of hydrogen-bond donors (Lipinski definition) is 1. The minimum absolute atomic E-state index is 0.0587. The third kappa shape index (κ3) is 3.24. The molecule has 1 amide bonds. The monoisotopic (exact) mass is 269 g/mol. The molecule has 19 heavy (non-hydrogen) atoms. The number of amides is 1. The van der Waals surface area contributed by atoms with Gasteiger partial charge in [0.2, 0.25) is 0 Å². The van der Waals surface area contributed by atoms with Gasteiger partial charge in [-0.05, 0) is 29.5 Å². The summed E-state index contributed by atoms with van der Waals surface area (Å²) >= 11 is 1.45. The molecule has 0 bridgehead atoms. The summed E-state index contributed by atoms with van der Waals surface area (Å²) in [5.41, 5.74) is 2.03. The topological polar surface area (TPSA) is 29.1 Å². The van der Waals surface area contributed by atoms with Gasteiger partial charge in [0.15, 0.2) is 0 Å². The molecule has 1 aromatic heterocycles. The zero-order valence-electron chi connectivity index (χ0n) is 10.7. The summed E-state index contributed by atoms with van der Waals surface area (Å²) in [5.74, 6) is 2.56. The molecule has 96 valence electrons. The van der Waals surface area contributed by atoms with Crippen molar-refractivity contribution in [3.8, 4) is 12.3 Å². The Kier molecular flexibility index (Phi) is 4.38. The zero-order valence-corrected chi connectivity index (χ0v) is 11.5. The second kappa shape index (κ2) is 6.21. The van der Waals surface area contributed by atoms with Crippen molar-refractivity contribution in [2.24, 2.45) is 0 Å². The first-order chi connectivity index (χ1) is 9.22. The number of aryl methyl sites for hydroxylation is 1. The second-order valence-corrected chi connectivity index (χ2v) is 5.19. The maximum Gasteiger partial charge on any atom is 0.262 e. The standard InChI is InChI=1S/C16H15NOS/c1-3-7-14(13-8-5-4-6-9-13)17-16(18)15-12(2)10-11-19-15/h1,4-6,8-11,14H,7H2,2H3,(H,17,18)/t14-/m1/s1. The van der Waals surface area contributed by atoms with Crippen molar-refractivity contribution in [1.29, 1.82) is 0 Å². The molecule has 0 radical (unpaired) electrons. The van der Waals surface area contributed by atoms with Crippen LogP contribution in [-0.4, -0.2) is 5.91 Å². The van der Waals surface area contributed by atoms with E-state index in [0.29, 0.717) is 6.42 Å². The fourth-order valence-corrected chi connectivity index (χ4v) is 2.71. The molecule has 0 aliphatic rings. The lowest BCUT2D eigenvalue weighted by Crippen LogP contribution is -2.28. The van der Waals surface area contributed by atoms with Gasteiger partial charge < -0.3 is 5.32 Å². The van der Waals surface area contributed by atoms with Gasteiger partial charge in [0.05, 0.1) is 10.9 Å². The number of rotatable bonds is 4. The quantitative estimate of drug-likeness (QED) is 0.845. The molecule has 1 N–H and O–H groups in total. The molecule has 0 aliphatic carbocycles. The SMILES string of the molecule is C#CC[C@@H](NC(=O)c1sccc1C)c1ccccc1. The number of thiophene rings is 1. The smallest absolute Gasteiger partial charge is 0.262 e. The number of terminal acetylenes is 1. The highest BCUT2D eigenvalue weighted by Gasteiger charge is 2.16. The highest BCUT2D eigenvalue weighted by molar-refractivity contribution is 7.12. The molecule has 2 rings (SSSR count). The molecule has 0 unspecified atom stereocenters. The number of hydrogen-bond acceptors (Lipinski definition) is 2. The predicted octanol–water partition coefficient (Wildman–Crippen LogP) is 3.55. The minimum atomic E-state index is -0.139. The Morgan fingerprint density at radius 1 is 1.37 bits per heavy atom. The Labute approximate surface area is 117 Å². The highest BCUT2D eigenvalue weighted by atomic mass is 32.1. The van der Waals surface area contributed by atoms with Crippen LogP contribution in [0.25, 0.3) is 0 Å². The predicted molar refractivity (Wildman–Crippen MR) is 79.2 cm³/mol. The number of benzene rings is 1. The van der Waals surface area contributed by atoms with E-state index < -0.39 is 0 Å². The van der Waals surface area contributed by atoms with Crippen molar-refractivity contribution in [2.75, 3.05) is 0 Å². The maximum atomic E-state index is 12.2. The molecule has 3 heteroatoms. The van der Waals surface area contributed by atoms with Gasteiger partial charge in [0, 0.05) is 6.42 Å². The van der Waals surface area contributed by atoms with E-state index in [1.165, 1.54) is 11.3 Å². The van der Waals surface area contributed by atoms with E-state index in [1.807, 2.05) is 48.7 Å². The van der Waals surface area contributed by atoms with Crippen LogP contribution in [-0.2, 0) is 0 Å². The first kappa shape index (κ1) is 13.4. The van der Waals surface area contributed by atoms with Crippen LogP contribution in [0.5, 0.6) is 0 Å². The Morgan fingerprint density at radius 3 is 2.68 bits per heavy atom. The first-order valence-corrected chi connectivity index (χ1v) is 6.93. The van der Waals surface area contributed by atoms with Gasteiger partial charge in [-0.3, -0.25) is 4.79 Å². The van der Waals surface area contributed by atoms with Gasteiger partial charge in [-0.25, -0.2) is 0 Å². The third-order valence-corrected chi connectivity index (χ3v) is 3.91. The van der Waals surface area contributed by atoms with Crippen molar-refractivity contribution in [1.82, 2.24) is 5.32 Å². The molecule has 0 fully saturated rings. The Bertz CT molecular complexity index is 595. The van der Waals surface area contributed by atoms with E-state index in [2.05, 4.69) is 11.2 Å². The summed E-state index contributed by atoms with van der Waals surface area (Å²) < 4.78 is 0. The normalized spacial score (nSPS) is 11.6. The molecule has 2 nitrogen and oxygen atoms in total. The molecule has 0 aliphatic heterocycles. The Hall–Kier alpha value is -2.05. The largest absolute Gasteiger partial charge is 0.344 e. The summed E-state index contributed by atoms with van der Waals surface area (Å²) in [6.45, 7) is 1.93. The Morgan fingerprint density at radius 2 is 2.11 bits per heavy atom. The summed E-state index contributed by atoms with van der Waals surface area (Å²) in [6.07, 6.45) is 5.88. The van der Waals surface area contributed by atoms with E-state index in [9.17, 15) is 4.79 Å². The fraction of sp³-hybridized carbons (Fsp3) is 0.188. The molecule has 0 saturated heterocycles. The van der Waals surface area contributed by atoms with Crippen LogP contribution in [0, 0.1) is 19.3 Å². The molecule has 0 spiro atoms. The first-order valence-electron chi connectivity index (χ1n) is 6.05. The van der Waals surface area contributed by atoms with Crippen molar-refractivity contribution >= 4 is 17.2 Å². The van der Waals surface area contributed by atoms with Crippen LogP contribution < -0.4 is 5.32 Å². The lowest BCUT2D eigenvalue weighted by molar-refractivity contribution is 0.0941. The second-order valence-electron chi connectivity index (χ2n) is 4.28. The van der Waals surface area contributed by atoms with Crippen LogP contribution >= 0.6 is 11.3 Å². The van der Waals surface area contributed by atoms with Crippen molar-refractivity contribution in [3.05, 3.63) is 57.8 Å². The summed E-state index contributed by atoms with van der Waals surface area (Å²) in [5, 5.41) is 4.93. The van der Waals surface area contributed by atoms with Crippen molar-refractivity contribution in [3.63, 3.8) is 0 Å². The van der Waals surface area contributed by atoms with Crippen LogP contribution in [0.4, 0.5) is 0 Å².